The number of phenols is 1. The second kappa shape index (κ2) is 5.01. The van der Waals surface area contributed by atoms with E-state index in [-0.39, 0.29) is 0 Å². The molecule has 0 aliphatic heterocycles. The lowest BCUT2D eigenvalue weighted by Crippen LogP contribution is -2.29. The minimum absolute atomic E-state index is 0.357. The highest BCUT2D eigenvalue weighted by Crippen LogP contribution is 2.37. The van der Waals surface area contributed by atoms with Crippen LogP contribution in [0, 0.1) is 5.41 Å². The van der Waals surface area contributed by atoms with Gasteiger partial charge in [0.25, 0.3) is 0 Å². The molecule has 0 spiro atoms. The second-order valence-corrected chi connectivity index (χ2v) is 6.76. The van der Waals surface area contributed by atoms with Crippen molar-refractivity contribution >= 4 is 16.5 Å². The number of nitrogens with one attached hydrogen (secondary N) is 1. The van der Waals surface area contributed by atoms with Crippen LogP contribution < -0.4 is 5.32 Å². The molecule has 2 heteroatoms. The summed E-state index contributed by atoms with van der Waals surface area (Å²) in [6.07, 6.45) is 5.01. The average Bonchev–Trinajstić information content (AvgIpc) is 2.42. The lowest BCUT2D eigenvalue weighted by Gasteiger charge is -2.35. The molecule has 2 N–H and O–H groups in total. The molecule has 2 aromatic carbocycles. The van der Waals surface area contributed by atoms with Gasteiger partial charge in [-0.3, -0.25) is 0 Å². The van der Waals surface area contributed by atoms with Gasteiger partial charge < -0.3 is 10.4 Å². The summed E-state index contributed by atoms with van der Waals surface area (Å²) in [7, 11) is 0. The fourth-order valence-corrected chi connectivity index (χ4v) is 3.18. The summed E-state index contributed by atoms with van der Waals surface area (Å²) in [5, 5.41) is 15.7. The summed E-state index contributed by atoms with van der Waals surface area (Å²) in [4.78, 5) is 0. The van der Waals surface area contributed by atoms with Crippen molar-refractivity contribution in [3.8, 4) is 5.75 Å². The van der Waals surface area contributed by atoms with Crippen molar-refractivity contribution in [3.05, 3.63) is 36.4 Å². The Kier molecular flexibility index (Phi) is 3.33. The summed E-state index contributed by atoms with van der Waals surface area (Å²) in [6, 6.07) is 12.4. The molecule has 0 saturated heterocycles. The van der Waals surface area contributed by atoms with Gasteiger partial charge in [0.2, 0.25) is 0 Å². The van der Waals surface area contributed by atoms with Crippen molar-refractivity contribution in [2.24, 2.45) is 5.41 Å². The largest absolute Gasteiger partial charge is 0.507 e. The second-order valence-electron chi connectivity index (χ2n) is 6.76. The molecule has 1 aliphatic rings. The molecule has 0 bridgehead atoms. The van der Waals surface area contributed by atoms with Crippen molar-refractivity contribution in [1.82, 2.24) is 0 Å². The summed E-state index contributed by atoms with van der Waals surface area (Å²) >= 11 is 0. The van der Waals surface area contributed by atoms with Crippen molar-refractivity contribution in [2.45, 2.75) is 45.6 Å². The highest BCUT2D eigenvalue weighted by molar-refractivity contribution is 5.97. The maximum atomic E-state index is 9.94. The molecule has 0 atom stereocenters. The molecular weight excluding hydrogens is 246 g/mol. The van der Waals surface area contributed by atoms with E-state index in [4.69, 9.17) is 0 Å². The van der Waals surface area contributed by atoms with E-state index in [0.29, 0.717) is 17.2 Å². The minimum Gasteiger partial charge on any atom is -0.507 e. The van der Waals surface area contributed by atoms with E-state index in [0.717, 1.165) is 16.5 Å². The number of fused-ring (bicyclic) bond motifs is 1. The molecule has 1 saturated carbocycles. The first-order valence-corrected chi connectivity index (χ1v) is 7.52. The van der Waals surface area contributed by atoms with Gasteiger partial charge in [-0.25, -0.2) is 0 Å². The quantitative estimate of drug-likeness (QED) is 0.810. The van der Waals surface area contributed by atoms with Crippen LogP contribution >= 0.6 is 0 Å². The van der Waals surface area contributed by atoms with Crippen LogP contribution in [0.2, 0.25) is 0 Å². The average molecular weight is 269 g/mol. The van der Waals surface area contributed by atoms with E-state index in [9.17, 15) is 5.11 Å². The Labute approximate surface area is 120 Å². The molecule has 20 heavy (non-hydrogen) atoms. The Balaban J connectivity index is 1.83. The summed E-state index contributed by atoms with van der Waals surface area (Å²) in [5.41, 5.74) is 1.64. The zero-order valence-electron chi connectivity index (χ0n) is 12.3. The van der Waals surface area contributed by atoms with Crippen LogP contribution in [0.4, 0.5) is 5.69 Å². The van der Waals surface area contributed by atoms with E-state index in [1.54, 1.807) is 6.07 Å². The van der Waals surface area contributed by atoms with Crippen LogP contribution in [-0.4, -0.2) is 11.1 Å². The maximum Gasteiger partial charge on any atom is 0.123 e. The number of hydrogen-bond donors (Lipinski definition) is 2. The Morgan fingerprint density at radius 3 is 2.40 bits per heavy atom. The Morgan fingerprint density at radius 1 is 1.00 bits per heavy atom. The zero-order chi connectivity index (χ0) is 14.2. The van der Waals surface area contributed by atoms with Crippen LogP contribution in [0.15, 0.2) is 36.4 Å². The SMILES string of the molecule is CC1(C)CCC(Nc2cccc3c(O)cccc23)CC1. The molecule has 2 nitrogen and oxygen atoms in total. The molecule has 0 aromatic heterocycles. The molecule has 0 heterocycles. The van der Waals surface area contributed by atoms with Crippen molar-refractivity contribution in [2.75, 3.05) is 5.32 Å². The minimum atomic E-state index is 0.357. The molecule has 0 radical (unpaired) electrons. The zero-order valence-corrected chi connectivity index (χ0v) is 12.3. The lowest BCUT2D eigenvalue weighted by molar-refractivity contribution is 0.232. The van der Waals surface area contributed by atoms with Crippen LogP contribution in [0.1, 0.15) is 39.5 Å². The first-order valence-electron chi connectivity index (χ1n) is 7.52. The monoisotopic (exact) mass is 269 g/mol. The van der Waals surface area contributed by atoms with Gasteiger partial charge in [-0.15, -0.1) is 0 Å². The Hall–Kier alpha value is -1.70. The number of rotatable bonds is 2. The number of aromatic hydroxyl groups is 1. The molecule has 2 aromatic rings. The molecule has 1 fully saturated rings. The number of phenolic OH excluding ortho intramolecular Hbond substituents is 1. The van der Waals surface area contributed by atoms with E-state index < -0.39 is 0 Å². The summed E-state index contributed by atoms with van der Waals surface area (Å²) < 4.78 is 0. The molecule has 3 rings (SSSR count). The highest BCUT2D eigenvalue weighted by atomic mass is 16.3. The Bertz CT molecular complexity index is 608. The fourth-order valence-electron chi connectivity index (χ4n) is 3.18. The topological polar surface area (TPSA) is 32.3 Å². The van der Waals surface area contributed by atoms with E-state index >= 15 is 0 Å². The van der Waals surface area contributed by atoms with E-state index in [2.05, 4.69) is 31.3 Å². The first-order chi connectivity index (χ1) is 9.55. The van der Waals surface area contributed by atoms with Gasteiger partial charge in [0, 0.05) is 22.5 Å². The third kappa shape index (κ3) is 2.60. The predicted molar refractivity (Wildman–Crippen MR) is 85.3 cm³/mol. The number of anilines is 1. The Morgan fingerprint density at radius 2 is 1.65 bits per heavy atom. The molecule has 0 unspecified atom stereocenters. The maximum absolute atomic E-state index is 9.94. The van der Waals surface area contributed by atoms with Gasteiger partial charge in [-0.1, -0.05) is 38.1 Å². The van der Waals surface area contributed by atoms with Gasteiger partial charge in [0.05, 0.1) is 0 Å². The highest BCUT2D eigenvalue weighted by Gasteiger charge is 2.26. The summed E-state index contributed by atoms with van der Waals surface area (Å²) in [6.45, 7) is 4.72. The molecule has 106 valence electrons. The van der Waals surface area contributed by atoms with Crippen molar-refractivity contribution in [1.29, 1.82) is 0 Å². The van der Waals surface area contributed by atoms with Gasteiger partial charge in [-0.05, 0) is 43.2 Å². The smallest absolute Gasteiger partial charge is 0.123 e. The predicted octanol–water partition coefficient (Wildman–Crippen LogP) is 4.93. The third-order valence-corrected chi connectivity index (χ3v) is 4.60. The van der Waals surface area contributed by atoms with Crippen molar-refractivity contribution in [3.63, 3.8) is 0 Å². The molecule has 1 aliphatic carbocycles. The number of benzene rings is 2. The normalized spacial score (nSPS) is 19.1. The molecule has 0 amide bonds. The third-order valence-electron chi connectivity index (χ3n) is 4.60. The lowest BCUT2D eigenvalue weighted by atomic mass is 9.75. The standard InChI is InChI=1S/C18H23NO/c1-18(2)11-9-13(10-12-18)19-16-7-3-6-15-14(16)5-4-8-17(15)20/h3-8,13,19-20H,9-12H2,1-2H3. The van der Waals surface area contributed by atoms with Crippen LogP contribution in [0.3, 0.4) is 0 Å². The van der Waals surface area contributed by atoms with Gasteiger partial charge >= 0.3 is 0 Å². The van der Waals surface area contributed by atoms with Gasteiger partial charge in [0.15, 0.2) is 0 Å². The fraction of sp³-hybridized carbons (Fsp3) is 0.444. The van der Waals surface area contributed by atoms with Gasteiger partial charge in [-0.2, -0.15) is 0 Å². The number of hydrogen-bond acceptors (Lipinski definition) is 2. The van der Waals surface area contributed by atoms with E-state index in [1.807, 2.05) is 18.2 Å². The van der Waals surface area contributed by atoms with Crippen molar-refractivity contribution < 1.29 is 5.11 Å². The first kappa shape index (κ1) is 13.3. The van der Waals surface area contributed by atoms with Crippen LogP contribution in [0.25, 0.3) is 10.8 Å². The van der Waals surface area contributed by atoms with Crippen LogP contribution in [0.5, 0.6) is 5.75 Å². The van der Waals surface area contributed by atoms with E-state index in [1.165, 1.54) is 25.7 Å². The molecular formula is C18H23NO. The van der Waals surface area contributed by atoms with Crippen LogP contribution in [-0.2, 0) is 0 Å². The van der Waals surface area contributed by atoms with Gasteiger partial charge in [0.1, 0.15) is 5.75 Å². The summed E-state index contributed by atoms with van der Waals surface area (Å²) in [5.74, 6) is 0.357.